The van der Waals surface area contributed by atoms with Crippen molar-refractivity contribution in [1.29, 1.82) is 0 Å². The number of amides is 1. The van der Waals surface area contributed by atoms with Gasteiger partial charge in [-0.2, -0.15) is 0 Å². The Morgan fingerprint density at radius 3 is 2.76 bits per heavy atom. The van der Waals surface area contributed by atoms with E-state index in [1.54, 1.807) is 19.1 Å². The van der Waals surface area contributed by atoms with E-state index in [0.29, 0.717) is 5.69 Å². The van der Waals surface area contributed by atoms with Crippen molar-refractivity contribution in [3.8, 4) is 0 Å². The quantitative estimate of drug-likeness (QED) is 0.818. The molecule has 0 bridgehead atoms. The van der Waals surface area contributed by atoms with E-state index in [2.05, 4.69) is 4.98 Å². The molecule has 92 valence electrons. The molecule has 0 aliphatic rings. The molecule has 0 aliphatic carbocycles. The van der Waals surface area contributed by atoms with E-state index in [0.717, 1.165) is 0 Å². The van der Waals surface area contributed by atoms with Gasteiger partial charge in [0, 0.05) is 19.2 Å². The lowest BCUT2D eigenvalue weighted by Crippen LogP contribution is -2.32. The molecule has 0 fully saturated rings. The van der Waals surface area contributed by atoms with Crippen molar-refractivity contribution in [2.45, 2.75) is 19.8 Å². The van der Waals surface area contributed by atoms with Gasteiger partial charge in [-0.15, -0.1) is 0 Å². The van der Waals surface area contributed by atoms with E-state index in [1.807, 2.05) is 0 Å². The summed E-state index contributed by atoms with van der Waals surface area (Å²) in [5.74, 6) is -1.14. The number of rotatable bonds is 5. The van der Waals surface area contributed by atoms with Crippen LogP contribution in [0.5, 0.6) is 0 Å². The number of hydrogen-bond donors (Lipinski definition) is 1. The lowest BCUT2D eigenvalue weighted by Gasteiger charge is -2.22. The Kier molecular flexibility index (Phi) is 4.90. The van der Waals surface area contributed by atoms with E-state index in [1.165, 1.54) is 11.1 Å². The summed E-state index contributed by atoms with van der Waals surface area (Å²) in [5, 5.41) is 8.84. The van der Waals surface area contributed by atoms with Gasteiger partial charge in [0.1, 0.15) is 0 Å². The van der Waals surface area contributed by atoms with Crippen molar-refractivity contribution in [3.05, 3.63) is 23.5 Å². The highest BCUT2D eigenvalue weighted by Crippen LogP contribution is 2.23. The minimum Gasteiger partial charge on any atom is -0.481 e. The van der Waals surface area contributed by atoms with Crippen LogP contribution in [0, 0.1) is 0 Å². The van der Waals surface area contributed by atoms with Crippen LogP contribution in [0.25, 0.3) is 0 Å². The molecule has 1 rings (SSSR count). The van der Waals surface area contributed by atoms with Crippen LogP contribution in [0.4, 0.5) is 5.69 Å². The van der Waals surface area contributed by atoms with Crippen molar-refractivity contribution in [2.75, 3.05) is 11.4 Å². The van der Waals surface area contributed by atoms with Crippen molar-refractivity contribution in [3.63, 3.8) is 0 Å². The van der Waals surface area contributed by atoms with Gasteiger partial charge in [-0.25, -0.2) is 4.98 Å². The summed E-state index contributed by atoms with van der Waals surface area (Å²) in [6.07, 6.45) is 1.67. The molecule has 0 unspecified atom stereocenters. The van der Waals surface area contributed by atoms with Gasteiger partial charge in [0.25, 0.3) is 0 Å². The van der Waals surface area contributed by atoms with E-state index in [-0.39, 0.29) is 30.4 Å². The lowest BCUT2D eigenvalue weighted by molar-refractivity contribution is -0.136. The number of carbonyl (C=O) groups excluding carboxylic acids is 1. The SMILES string of the molecule is CCC(=O)N(CCC(=O)O)c1cccnc1Cl. The number of aromatic nitrogens is 1. The van der Waals surface area contributed by atoms with Gasteiger partial charge >= 0.3 is 5.97 Å². The first-order valence-corrected chi connectivity index (χ1v) is 5.56. The molecule has 0 saturated carbocycles. The van der Waals surface area contributed by atoms with Crippen LogP contribution in [-0.2, 0) is 9.59 Å². The number of anilines is 1. The third-order valence-electron chi connectivity index (χ3n) is 2.18. The number of hydrogen-bond acceptors (Lipinski definition) is 3. The predicted octanol–water partition coefficient (Wildman–Crippen LogP) is 1.95. The van der Waals surface area contributed by atoms with Crippen LogP contribution in [-0.4, -0.2) is 28.5 Å². The van der Waals surface area contributed by atoms with Gasteiger partial charge in [-0.1, -0.05) is 18.5 Å². The highest BCUT2D eigenvalue weighted by molar-refractivity contribution is 6.32. The Balaban J connectivity index is 2.94. The van der Waals surface area contributed by atoms with Crippen molar-refractivity contribution in [1.82, 2.24) is 4.98 Å². The van der Waals surface area contributed by atoms with Gasteiger partial charge in [0.15, 0.2) is 5.15 Å². The predicted molar refractivity (Wildman–Crippen MR) is 64.1 cm³/mol. The number of pyridine rings is 1. The van der Waals surface area contributed by atoms with Gasteiger partial charge in [-0.3, -0.25) is 9.59 Å². The standard InChI is InChI=1S/C11H13ClN2O3/c1-2-9(15)14(7-5-10(16)17)8-4-3-6-13-11(8)12/h3-4,6H,2,5,7H2,1H3,(H,16,17). The normalized spacial score (nSPS) is 10.0. The van der Waals surface area contributed by atoms with Crippen LogP contribution in [0.1, 0.15) is 19.8 Å². The lowest BCUT2D eigenvalue weighted by atomic mass is 10.3. The fraction of sp³-hybridized carbons (Fsp3) is 0.364. The van der Waals surface area contributed by atoms with Gasteiger partial charge in [0.05, 0.1) is 12.1 Å². The first kappa shape index (κ1) is 13.4. The second-order valence-corrected chi connectivity index (χ2v) is 3.71. The Labute approximate surface area is 104 Å². The van der Waals surface area contributed by atoms with Crippen molar-refractivity contribution >= 4 is 29.2 Å². The average molecular weight is 257 g/mol. The topological polar surface area (TPSA) is 70.5 Å². The summed E-state index contributed by atoms with van der Waals surface area (Å²) >= 11 is 5.88. The van der Waals surface area contributed by atoms with Crippen molar-refractivity contribution < 1.29 is 14.7 Å². The minimum atomic E-state index is -0.959. The molecule has 17 heavy (non-hydrogen) atoms. The highest BCUT2D eigenvalue weighted by Gasteiger charge is 2.17. The largest absolute Gasteiger partial charge is 0.481 e. The molecule has 0 saturated heterocycles. The van der Waals surface area contributed by atoms with E-state index < -0.39 is 5.97 Å². The first-order chi connectivity index (χ1) is 8.06. The van der Waals surface area contributed by atoms with Crippen LogP contribution in [0.15, 0.2) is 18.3 Å². The molecule has 1 amide bonds. The summed E-state index contributed by atoms with van der Waals surface area (Å²) in [5.41, 5.74) is 0.447. The van der Waals surface area contributed by atoms with E-state index in [9.17, 15) is 9.59 Å². The smallest absolute Gasteiger partial charge is 0.305 e. The van der Waals surface area contributed by atoms with Gasteiger partial charge in [-0.05, 0) is 12.1 Å². The second kappa shape index (κ2) is 6.20. The molecule has 1 aromatic rings. The average Bonchev–Trinajstić information content (AvgIpc) is 2.30. The van der Waals surface area contributed by atoms with Gasteiger partial charge < -0.3 is 10.0 Å². The third-order valence-corrected chi connectivity index (χ3v) is 2.47. The number of carboxylic acid groups (broad SMARTS) is 1. The maximum Gasteiger partial charge on any atom is 0.305 e. The fourth-order valence-electron chi connectivity index (χ4n) is 1.36. The molecular formula is C11H13ClN2O3. The van der Waals surface area contributed by atoms with Gasteiger partial charge in [0.2, 0.25) is 5.91 Å². The van der Waals surface area contributed by atoms with E-state index >= 15 is 0 Å². The number of nitrogens with zero attached hydrogens (tertiary/aromatic N) is 2. The zero-order valence-corrected chi connectivity index (χ0v) is 10.1. The molecule has 0 radical (unpaired) electrons. The molecular weight excluding hydrogens is 244 g/mol. The Morgan fingerprint density at radius 1 is 1.53 bits per heavy atom. The summed E-state index contributed by atoms with van der Waals surface area (Å²) < 4.78 is 0. The number of carboxylic acids is 1. The Bertz CT molecular complexity index is 423. The second-order valence-electron chi connectivity index (χ2n) is 3.36. The molecule has 5 nitrogen and oxygen atoms in total. The number of carbonyl (C=O) groups is 2. The van der Waals surface area contributed by atoms with Crippen LogP contribution >= 0.6 is 11.6 Å². The summed E-state index contributed by atoms with van der Waals surface area (Å²) in [6.45, 7) is 1.80. The Morgan fingerprint density at radius 2 is 2.24 bits per heavy atom. The number of aliphatic carboxylic acids is 1. The number of halogens is 1. The van der Waals surface area contributed by atoms with Crippen molar-refractivity contribution in [2.24, 2.45) is 0 Å². The van der Waals surface area contributed by atoms with Crippen LogP contribution in [0.2, 0.25) is 5.15 Å². The summed E-state index contributed by atoms with van der Waals surface area (Å²) in [6, 6.07) is 3.29. The fourth-order valence-corrected chi connectivity index (χ4v) is 1.58. The minimum absolute atomic E-state index is 0.0907. The molecule has 1 heterocycles. The van der Waals surface area contributed by atoms with Crippen LogP contribution in [0.3, 0.4) is 0 Å². The van der Waals surface area contributed by atoms with Crippen LogP contribution < -0.4 is 4.90 Å². The summed E-state index contributed by atoms with van der Waals surface area (Å²) in [7, 11) is 0. The highest BCUT2D eigenvalue weighted by atomic mass is 35.5. The first-order valence-electron chi connectivity index (χ1n) is 5.19. The zero-order chi connectivity index (χ0) is 12.8. The Hall–Kier alpha value is -1.62. The third kappa shape index (κ3) is 3.71. The van der Waals surface area contributed by atoms with E-state index in [4.69, 9.17) is 16.7 Å². The molecule has 6 heteroatoms. The summed E-state index contributed by atoms with van der Waals surface area (Å²) in [4.78, 5) is 27.5. The molecule has 0 aromatic carbocycles. The monoisotopic (exact) mass is 256 g/mol. The molecule has 1 aromatic heterocycles. The maximum absolute atomic E-state index is 11.7. The molecule has 0 atom stereocenters. The zero-order valence-electron chi connectivity index (χ0n) is 9.39. The molecule has 0 aliphatic heterocycles. The molecule has 1 N–H and O–H groups in total. The molecule has 0 spiro atoms. The maximum atomic E-state index is 11.7.